The van der Waals surface area contributed by atoms with Crippen LogP contribution in [-0.4, -0.2) is 33.7 Å². The van der Waals surface area contributed by atoms with Gasteiger partial charge in [-0.15, -0.1) is 0 Å². The maximum Gasteiger partial charge on any atom is 0.270 e. The minimum absolute atomic E-state index is 0.178. The van der Waals surface area contributed by atoms with Crippen molar-refractivity contribution in [1.29, 1.82) is 0 Å². The second kappa shape index (κ2) is 9.67. The quantitative estimate of drug-likeness (QED) is 0.581. The normalized spacial score (nSPS) is 14.5. The Morgan fingerprint density at radius 2 is 1.53 bits per heavy atom. The van der Waals surface area contributed by atoms with Gasteiger partial charge in [0.2, 0.25) is 0 Å². The molecular formula is C23H17ClN4O3S. The van der Waals surface area contributed by atoms with E-state index in [4.69, 9.17) is 11.6 Å². The molecule has 1 saturated heterocycles. The second-order valence-corrected chi connectivity index (χ2v) is 8.11. The van der Waals surface area contributed by atoms with E-state index in [9.17, 15) is 14.4 Å². The molecule has 1 aliphatic heterocycles. The fourth-order valence-corrected chi connectivity index (χ4v) is 3.80. The number of carbonyl (C=O) groups excluding carboxylic acids is 3. The lowest BCUT2D eigenvalue weighted by Gasteiger charge is -2.17. The average molecular weight is 465 g/mol. The van der Waals surface area contributed by atoms with Gasteiger partial charge < -0.3 is 5.32 Å². The number of hydrogen-bond acceptors (Lipinski definition) is 5. The lowest BCUT2D eigenvalue weighted by Crippen LogP contribution is -2.45. The number of halogens is 1. The van der Waals surface area contributed by atoms with Crippen LogP contribution in [-0.2, 0) is 4.79 Å². The molecular weight excluding hydrogens is 448 g/mol. The van der Waals surface area contributed by atoms with Crippen LogP contribution in [0.1, 0.15) is 20.7 Å². The summed E-state index contributed by atoms with van der Waals surface area (Å²) in [6, 6.07) is 22.1. The molecule has 0 radical (unpaired) electrons. The predicted molar refractivity (Wildman–Crippen MR) is 126 cm³/mol. The Bertz CT molecular complexity index is 1180. The molecule has 9 heteroatoms. The molecule has 4 rings (SSSR count). The number of nitrogens with one attached hydrogen (secondary N) is 2. The number of nitrogens with zero attached hydrogens (tertiary/aromatic N) is 2. The summed E-state index contributed by atoms with van der Waals surface area (Å²) in [6.45, 7) is 0. The van der Waals surface area contributed by atoms with Crippen molar-refractivity contribution in [3.05, 3.63) is 95.0 Å². The van der Waals surface area contributed by atoms with Crippen molar-refractivity contribution in [3.63, 3.8) is 0 Å². The lowest BCUT2D eigenvalue weighted by atomic mass is 10.1. The van der Waals surface area contributed by atoms with Gasteiger partial charge >= 0.3 is 0 Å². The van der Waals surface area contributed by atoms with E-state index in [1.54, 1.807) is 72.8 Å². The third-order valence-corrected chi connectivity index (χ3v) is 5.65. The molecule has 0 saturated carbocycles. The van der Waals surface area contributed by atoms with Gasteiger partial charge in [0.15, 0.2) is 5.17 Å². The third-order valence-electron chi connectivity index (χ3n) is 4.47. The van der Waals surface area contributed by atoms with E-state index in [0.29, 0.717) is 32.7 Å². The van der Waals surface area contributed by atoms with Crippen LogP contribution in [0.15, 0.2) is 83.9 Å². The zero-order valence-corrected chi connectivity index (χ0v) is 18.2. The molecule has 1 fully saturated rings. The number of thioether (sulfide) groups is 1. The topological polar surface area (TPSA) is 90.9 Å². The minimum Gasteiger partial charge on any atom is -0.322 e. The maximum atomic E-state index is 12.7. The van der Waals surface area contributed by atoms with E-state index >= 15 is 0 Å². The smallest absolute Gasteiger partial charge is 0.270 e. The van der Waals surface area contributed by atoms with E-state index in [1.165, 1.54) is 11.8 Å². The lowest BCUT2D eigenvalue weighted by molar-refractivity contribution is -0.125. The van der Waals surface area contributed by atoms with Crippen molar-refractivity contribution in [2.75, 3.05) is 11.1 Å². The molecule has 0 aliphatic carbocycles. The summed E-state index contributed by atoms with van der Waals surface area (Å²) in [5.74, 6) is -0.809. The molecule has 3 aromatic rings. The first-order chi connectivity index (χ1) is 15.5. The highest BCUT2D eigenvalue weighted by molar-refractivity contribution is 8.15. The summed E-state index contributed by atoms with van der Waals surface area (Å²) < 4.78 is 0. The number of benzene rings is 3. The molecule has 0 atom stereocenters. The van der Waals surface area contributed by atoms with Crippen LogP contribution < -0.4 is 10.7 Å². The van der Waals surface area contributed by atoms with Crippen LogP contribution in [0.3, 0.4) is 0 Å². The number of hydrogen-bond donors (Lipinski definition) is 2. The minimum atomic E-state index is -0.467. The van der Waals surface area contributed by atoms with Gasteiger partial charge in [0.25, 0.3) is 17.7 Å². The van der Waals surface area contributed by atoms with Gasteiger partial charge in [-0.25, -0.2) is 4.99 Å². The highest BCUT2D eigenvalue weighted by Gasteiger charge is 2.30. The summed E-state index contributed by atoms with van der Waals surface area (Å²) in [5, 5.41) is 4.88. The molecule has 7 nitrogen and oxygen atoms in total. The number of rotatable bonds is 5. The Hall–Kier alpha value is -3.62. The number of amides is 3. The zero-order chi connectivity index (χ0) is 22.5. The van der Waals surface area contributed by atoms with Crippen LogP contribution in [0, 0.1) is 0 Å². The molecule has 0 spiro atoms. The highest BCUT2D eigenvalue weighted by atomic mass is 35.5. The van der Waals surface area contributed by atoms with Crippen molar-refractivity contribution < 1.29 is 14.4 Å². The van der Waals surface area contributed by atoms with Gasteiger partial charge in [-0.3, -0.25) is 19.8 Å². The average Bonchev–Trinajstić information content (AvgIpc) is 3.15. The molecule has 0 aromatic heterocycles. The summed E-state index contributed by atoms with van der Waals surface area (Å²) in [6.07, 6.45) is 0. The number of anilines is 1. The Kier molecular flexibility index (Phi) is 6.53. The van der Waals surface area contributed by atoms with Crippen molar-refractivity contribution >= 4 is 57.6 Å². The molecule has 2 N–H and O–H groups in total. The molecule has 32 heavy (non-hydrogen) atoms. The van der Waals surface area contributed by atoms with Gasteiger partial charge in [0.1, 0.15) is 0 Å². The standard InChI is InChI=1S/C23H17ClN4O3S/c24-17-8-12-19(13-9-17)26-23-28(20(29)14-32-23)27-22(31)16-6-10-18(11-7-16)25-21(30)15-4-2-1-3-5-15/h1-13H,14H2,(H,25,30)(H,27,31). The Labute approximate surface area is 193 Å². The van der Waals surface area contributed by atoms with Gasteiger partial charge in [-0.05, 0) is 60.7 Å². The molecule has 0 unspecified atom stereocenters. The molecule has 160 valence electrons. The number of aliphatic imine (C=N–C) groups is 1. The van der Waals surface area contributed by atoms with Crippen LogP contribution in [0.4, 0.5) is 11.4 Å². The van der Waals surface area contributed by atoms with Gasteiger partial charge in [-0.2, -0.15) is 5.01 Å². The first kappa shape index (κ1) is 21.6. The van der Waals surface area contributed by atoms with Crippen LogP contribution >= 0.6 is 23.4 Å². The van der Waals surface area contributed by atoms with Gasteiger partial charge in [0.05, 0.1) is 11.4 Å². The molecule has 1 aliphatic rings. The Morgan fingerprint density at radius 3 is 2.22 bits per heavy atom. The first-order valence-electron chi connectivity index (χ1n) is 9.57. The fraction of sp³-hybridized carbons (Fsp3) is 0.0435. The van der Waals surface area contributed by atoms with Crippen molar-refractivity contribution in [1.82, 2.24) is 10.4 Å². The highest BCUT2D eigenvalue weighted by Crippen LogP contribution is 2.24. The summed E-state index contributed by atoms with van der Waals surface area (Å²) in [7, 11) is 0. The molecule has 3 amide bonds. The maximum absolute atomic E-state index is 12.7. The summed E-state index contributed by atoms with van der Waals surface area (Å²) in [5.41, 5.74) is 4.62. The van der Waals surface area contributed by atoms with E-state index in [2.05, 4.69) is 15.7 Å². The monoisotopic (exact) mass is 464 g/mol. The van der Waals surface area contributed by atoms with Gasteiger partial charge in [0, 0.05) is 21.8 Å². The van der Waals surface area contributed by atoms with Crippen molar-refractivity contribution in [2.45, 2.75) is 0 Å². The van der Waals surface area contributed by atoms with Crippen LogP contribution in [0.5, 0.6) is 0 Å². The van der Waals surface area contributed by atoms with E-state index in [1.807, 2.05) is 6.07 Å². The van der Waals surface area contributed by atoms with Crippen molar-refractivity contribution in [2.24, 2.45) is 4.99 Å². The Balaban J connectivity index is 1.43. The number of hydrazine groups is 1. The van der Waals surface area contributed by atoms with Crippen LogP contribution in [0.2, 0.25) is 5.02 Å². The fourth-order valence-electron chi connectivity index (χ4n) is 2.84. The summed E-state index contributed by atoms with van der Waals surface area (Å²) >= 11 is 7.12. The summed E-state index contributed by atoms with van der Waals surface area (Å²) in [4.78, 5) is 41.6. The molecule has 3 aromatic carbocycles. The van der Waals surface area contributed by atoms with Gasteiger partial charge in [-0.1, -0.05) is 41.6 Å². The van der Waals surface area contributed by atoms with Crippen LogP contribution in [0.25, 0.3) is 0 Å². The molecule has 1 heterocycles. The van der Waals surface area contributed by atoms with E-state index in [0.717, 1.165) is 5.01 Å². The van der Waals surface area contributed by atoms with E-state index < -0.39 is 5.91 Å². The zero-order valence-electron chi connectivity index (χ0n) is 16.6. The van der Waals surface area contributed by atoms with Crippen molar-refractivity contribution in [3.8, 4) is 0 Å². The predicted octanol–water partition coefficient (Wildman–Crippen LogP) is 4.50. The molecule has 0 bridgehead atoms. The van der Waals surface area contributed by atoms with E-state index in [-0.39, 0.29) is 17.6 Å². The third kappa shape index (κ3) is 5.16. The Morgan fingerprint density at radius 1 is 0.875 bits per heavy atom. The largest absolute Gasteiger partial charge is 0.322 e. The SMILES string of the molecule is O=C(Nc1ccc(C(=O)NN2C(=O)CSC2=Nc2ccc(Cl)cc2)cc1)c1ccccc1. The second-order valence-electron chi connectivity index (χ2n) is 6.73. The first-order valence-corrected chi connectivity index (χ1v) is 10.9. The number of amidine groups is 1. The number of carbonyl (C=O) groups is 3.